The van der Waals surface area contributed by atoms with Crippen molar-refractivity contribution >= 4 is 23.8 Å². The van der Waals surface area contributed by atoms with Gasteiger partial charge in [-0.1, -0.05) is 12.1 Å². The van der Waals surface area contributed by atoms with E-state index < -0.39 is 10.9 Å². The standard InChI is InChI=1S/C19H15NO6/c1-24-19(21)15(6-2-13-3-7-16(8-4-13)20(22)23)10-14-5-9-17-18(11-14)26-12-25-17/h2-11H,12H2,1H3/b6-2+,15-10+. The molecule has 1 aliphatic rings. The molecule has 0 spiro atoms. The first-order valence-corrected chi connectivity index (χ1v) is 7.69. The van der Waals surface area contributed by atoms with Crippen molar-refractivity contribution in [2.24, 2.45) is 0 Å². The van der Waals surface area contributed by atoms with Crippen LogP contribution in [0, 0.1) is 10.1 Å². The zero-order valence-electron chi connectivity index (χ0n) is 13.9. The quantitative estimate of drug-likeness (QED) is 0.268. The molecule has 1 heterocycles. The molecule has 26 heavy (non-hydrogen) atoms. The fourth-order valence-corrected chi connectivity index (χ4v) is 2.37. The summed E-state index contributed by atoms with van der Waals surface area (Å²) in [5, 5.41) is 10.7. The number of nitro groups is 1. The van der Waals surface area contributed by atoms with Crippen molar-refractivity contribution in [2.75, 3.05) is 13.9 Å². The Balaban J connectivity index is 1.86. The smallest absolute Gasteiger partial charge is 0.337 e. The summed E-state index contributed by atoms with van der Waals surface area (Å²) < 4.78 is 15.4. The Morgan fingerprint density at radius 2 is 1.81 bits per heavy atom. The molecule has 2 aromatic carbocycles. The van der Waals surface area contributed by atoms with E-state index in [1.165, 1.54) is 19.2 Å². The summed E-state index contributed by atoms with van der Waals surface area (Å²) in [4.78, 5) is 22.3. The third kappa shape index (κ3) is 3.89. The Labute approximate surface area is 149 Å². The normalized spacial score (nSPS) is 13.0. The lowest BCUT2D eigenvalue weighted by molar-refractivity contribution is -0.384. The molecule has 0 aliphatic carbocycles. The average Bonchev–Trinajstić information content (AvgIpc) is 3.12. The largest absolute Gasteiger partial charge is 0.465 e. The summed E-state index contributed by atoms with van der Waals surface area (Å²) in [6.45, 7) is 0.173. The monoisotopic (exact) mass is 353 g/mol. The van der Waals surface area contributed by atoms with E-state index in [1.807, 2.05) is 0 Å². The summed E-state index contributed by atoms with van der Waals surface area (Å²) in [6.07, 6.45) is 4.94. The number of nitrogens with zero attached hydrogens (tertiary/aromatic N) is 1. The van der Waals surface area contributed by atoms with Crippen molar-refractivity contribution in [1.29, 1.82) is 0 Å². The van der Waals surface area contributed by atoms with Crippen LogP contribution in [0.4, 0.5) is 5.69 Å². The van der Waals surface area contributed by atoms with Gasteiger partial charge >= 0.3 is 5.97 Å². The van der Waals surface area contributed by atoms with Gasteiger partial charge in [0.1, 0.15) is 0 Å². The molecule has 0 radical (unpaired) electrons. The molecular weight excluding hydrogens is 338 g/mol. The highest BCUT2D eigenvalue weighted by atomic mass is 16.7. The van der Waals surface area contributed by atoms with Gasteiger partial charge in [0, 0.05) is 12.1 Å². The topological polar surface area (TPSA) is 87.9 Å². The Bertz CT molecular complexity index is 899. The van der Waals surface area contributed by atoms with Gasteiger partial charge in [0.05, 0.1) is 17.6 Å². The Kier molecular flexibility index (Phi) is 4.98. The number of benzene rings is 2. The lowest BCUT2D eigenvalue weighted by atomic mass is 10.1. The second kappa shape index (κ2) is 7.52. The van der Waals surface area contributed by atoms with Crippen molar-refractivity contribution in [3.8, 4) is 11.5 Å². The number of hydrogen-bond donors (Lipinski definition) is 0. The predicted molar refractivity (Wildman–Crippen MR) is 94.7 cm³/mol. The van der Waals surface area contributed by atoms with Crippen molar-refractivity contribution in [3.05, 3.63) is 75.4 Å². The first-order valence-electron chi connectivity index (χ1n) is 7.69. The van der Waals surface area contributed by atoms with E-state index >= 15 is 0 Å². The van der Waals surface area contributed by atoms with Gasteiger partial charge in [0.25, 0.3) is 5.69 Å². The summed E-state index contributed by atoms with van der Waals surface area (Å²) >= 11 is 0. The molecule has 132 valence electrons. The van der Waals surface area contributed by atoms with Crippen LogP contribution in [0.3, 0.4) is 0 Å². The third-order valence-corrected chi connectivity index (χ3v) is 3.70. The van der Waals surface area contributed by atoms with Crippen LogP contribution in [0.5, 0.6) is 11.5 Å². The number of methoxy groups -OCH3 is 1. The maximum Gasteiger partial charge on any atom is 0.337 e. The zero-order chi connectivity index (χ0) is 18.5. The van der Waals surface area contributed by atoms with Crippen LogP contribution in [0.1, 0.15) is 11.1 Å². The molecule has 7 nitrogen and oxygen atoms in total. The molecule has 0 unspecified atom stereocenters. The predicted octanol–water partition coefficient (Wildman–Crippen LogP) is 3.59. The van der Waals surface area contributed by atoms with E-state index in [4.69, 9.17) is 14.2 Å². The number of ether oxygens (including phenoxy) is 3. The number of esters is 1. The number of fused-ring (bicyclic) bond motifs is 1. The molecule has 0 aromatic heterocycles. The highest BCUT2D eigenvalue weighted by molar-refractivity contribution is 5.97. The molecule has 0 saturated carbocycles. The molecule has 2 aromatic rings. The number of non-ortho nitro benzene ring substituents is 1. The van der Waals surface area contributed by atoms with Gasteiger partial charge in [-0.15, -0.1) is 0 Å². The molecular formula is C19H15NO6. The second-order valence-electron chi connectivity index (χ2n) is 5.39. The molecule has 0 amide bonds. The Hall–Kier alpha value is -3.61. The molecule has 0 atom stereocenters. The fourth-order valence-electron chi connectivity index (χ4n) is 2.37. The third-order valence-electron chi connectivity index (χ3n) is 3.70. The van der Waals surface area contributed by atoms with Crippen molar-refractivity contribution in [3.63, 3.8) is 0 Å². The van der Waals surface area contributed by atoms with Gasteiger partial charge in [-0.05, 0) is 47.5 Å². The highest BCUT2D eigenvalue weighted by Gasteiger charge is 2.13. The minimum absolute atomic E-state index is 0.00578. The first-order chi connectivity index (χ1) is 12.6. The number of nitro benzene ring substituents is 1. The van der Waals surface area contributed by atoms with Crippen LogP contribution in [0.15, 0.2) is 54.1 Å². The highest BCUT2D eigenvalue weighted by Crippen LogP contribution is 2.33. The summed E-state index contributed by atoms with van der Waals surface area (Å²) in [5.74, 6) is 0.770. The van der Waals surface area contributed by atoms with Gasteiger partial charge in [-0.3, -0.25) is 10.1 Å². The average molecular weight is 353 g/mol. The zero-order valence-corrected chi connectivity index (χ0v) is 13.9. The molecule has 0 N–H and O–H groups in total. The lowest BCUT2D eigenvalue weighted by Gasteiger charge is -2.02. The van der Waals surface area contributed by atoms with Gasteiger partial charge < -0.3 is 14.2 Å². The van der Waals surface area contributed by atoms with E-state index in [9.17, 15) is 14.9 Å². The van der Waals surface area contributed by atoms with Crippen LogP contribution in [-0.4, -0.2) is 24.8 Å². The van der Waals surface area contributed by atoms with Crippen LogP contribution in [0.25, 0.3) is 12.2 Å². The Morgan fingerprint density at radius 3 is 2.50 bits per heavy atom. The van der Waals surface area contributed by atoms with E-state index in [2.05, 4.69) is 0 Å². The van der Waals surface area contributed by atoms with Gasteiger partial charge in [0.2, 0.25) is 6.79 Å². The van der Waals surface area contributed by atoms with Gasteiger partial charge in [0.15, 0.2) is 11.5 Å². The number of rotatable bonds is 5. The molecule has 0 fully saturated rings. The van der Waals surface area contributed by atoms with E-state index in [0.717, 1.165) is 11.1 Å². The Morgan fingerprint density at radius 1 is 1.12 bits per heavy atom. The molecule has 0 bridgehead atoms. The molecule has 7 heteroatoms. The SMILES string of the molecule is COC(=O)C(/C=C/c1ccc([N+](=O)[O-])cc1)=C/c1ccc2c(c1)OCO2. The fraction of sp³-hybridized carbons (Fsp3) is 0.105. The first kappa shape index (κ1) is 17.2. The van der Waals surface area contributed by atoms with Crippen LogP contribution in [0.2, 0.25) is 0 Å². The lowest BCUT2D eigenvalue weighted by Crippen LogP contribution is -2.02. The van der Waals surface area contributed by atoms with Gasteiger partial charge in [-0.2, -0.15) is 0 Å². The van der Waals surface area contributed by atoms with Crippen molar-refractivity contribution < 1.29 is 23.9 Å². The number of carbonyl (C=O) groups excluding carboxylic acids is 1. The van der Waals surface area contributed by atoms with E-state index in [1.54, 1.807) is 48.6 Å². The van der Waals surface area contributed by atoms with Crippen molar-refractivity contribution in [2.45, 2.75) is 0 Å². The maximum absolute atomic E-state index is 12.0. The maximum atomic E-state index is 12.0. The second-order valence-corrected chi connectivity index (χ2v) is 5.39. The molecule has 1 aliphatic heterocycles. The molecule has 0 saturated heterocycles. The van der Waals surface area contributed by atoms with Crippen LogP contribution >= 0.6 is 0 Å². The summed E-state index contributed by atoms with van der Waals surface area (Å²) in [6, 6.07) is 11.3. The van der Waals surface area contributed by atoms with E-state index in [0.29, 0.717) is 17.1 Å². The summed E-state index contributed by atoms with van der Waals surface area (Å²) in [7, 11) is 1.30. The molecule has 3 rings (SSSR count). The van der Waals surface area contributed by atoms with Crippen LogP contribution < -0.4 is 9.47 Å². The number of carbonyl (C=O) groups is 1. The van der Waals surface area contributed by atoms with E-state index in [-0.39, 0.29) is 12.5 Å². The minimum Gasteiger partial charge on any atom is -0.465 e. The number of hydrogen-bond acceptors (Lipinski definition) is 6. The van der Waals surface area contributed by atoms with Gasteiger partial charge in [-0.25, -0.2) is 4.79 Å². The van der Waals surface area contributed by atoms with Crippen LogP contribution in [-0.2, 0) is 9.53 Å². The van der Waals surface area contributed by atoms with Crippen molar-refractivity contribution in [1.82, 2.24) is 0 Å². The summed E-state index contributed by atoms with van der Waals surface area (Å²) in [5.41, 5.74) is 1.80. The minimum atomic E-state index is -0.499.